The fourth-order valence-electron chi connectivity index (χ4n) is 2.82. The Morgan fingerprint density at radius 1 is 1.00 bits per heavy atom. The Bertz CT molecular complexity index is 752. The van der Waals surface area contributed by atoms with Crippen LogP contribution in [0.4, 0.5) is 5.69 Å². The molecule has 4 heteroatoms. The molecule has 4 nitrogen and oxygen atoms in total. The lowest BCUT2D eigenvalue weighted by Gasteiger charge is -2.24. The van der Waals surface area contributed by atoms with Crippen molar-refractivity contribution in [3.8, 4) is 0 Å². The molecule has 1 aliphatic rings. The Morgan fingerprint density at radius 2 is 1.67 bits per heavy atom. The fraction of sp³-hybridized carbons (Fsp3) is 0.176. The third-order valence-corrected chi connectivity index (χ3v) is 3.97. The van der Waals surface area contributed by atoms with Gasteiger partial charge in [0.2, 0.25) is 0 Å². The summed E-state index contributed by atoms with van der Waals surface area (Å²) in [4.78, 5) is 26.4. The highest BCUT2D eigenvalue weighted by Crippen LogP contribution is 2.33. The van der Waals surface area contributed by atoms with Crippen molar-refractivity contribution in [2.24, 2.45) is 0 Å². The number of imide groups is 1. The molecule has 2 amide bonds. The molecule has 21 heavy (non-hydrogen) atoms. The van der Waals surface area contributed by atoms with Gasteiger partial charge >= 0.3 is 0 Å². The summed E-state index contributed by atoms with van der Waals surface area (Å²) < 4.78 is 0. The van der Waals surface area contributed by atoms with Crippen LogP contribution < -0.4 is 5.73 Å². The van der Waals surface area contributed by atoms with E-state index in [1.165, 1.54) is 4.90 Å². The van der Waals surface area contributed by atoms with Gasteiger partial charge in [-0.2, -0.15) is 0 Å². The van der Waals surface area contributed by atoms with Crippen LogP contribution >= 0.6 is 0 Å². The number of carbonyl (C=O) groups is 2. The van der Waals surface area contributed by atoms with Gasteiger partial charge in [-0.1, -0.05) is 24.3 Å². The lowest BCUT2D eigenvalue weighted by molar-refractivity contribution is 0.0595. The molecular formula is C17H16N2O2. The van der Waals surface area contributed by atoms with E-state index in [1.807, 2.05) is 38.1 Å². The SMILES string of the molecule is Cc1ccccc1C(C)N1C(=O)c2ccc(N)cc2C1=O. The first kappa shape index (κ1) is 13.4. The van der Waals surface area contributed by atoms with Crippen molar-refractivity contribution in [2.45, 2.75) is 19.9 Å². The van der Waals surface area contributed by atoms with Crippen LogP contribution in [0, 0.1) is 6.92 Å². The molecule has 0 spiro atoms. The van der Waals surface area contributed by atoms with E-state index in [4.69, 9.17) is 5.73 Å². The molecule has 3 rings (SSSR count). The molecule has 2 aromatic carbocycles. The summed E-state index contributed by atoms with van der Waals surface area (Å²) in [5.41, 5.74) is 9.04. The molecule has 0 aromatic heterocycles. The Kier molecular flexibility index (Phi) is 3.01. The molecule has 1 aliphatic heterocycles. The number of hydrogen-bond acceptors (Lipinski definition) is 3. The highest BCUT2D eigenvalue weighted by molar-refractivity contribution is 6.21. The molecule has 2 aromatic rings. The standard InChI is InChI=1S/C17H16N2O2/c1-10-5-3-4-6-13(10)11(2)19-16(20)14-8-7-12(18)9-15(14)17(19)21/h3-9,11H,18H2,1-2H3. The minimum absolute atomic E-state index is 0.259. The highest BCUT2D eigenvalue weighted by Gasteiger charge is 2.39. The number of fused-ring (bicyclic) bond motifs is 1. The predicted octanol–water partition coefficient (Wildman–Crippen LogP) is 2.93. The van der Waals surface area contributed by atoms with Crippen molar-refractivity contribution in [1.29, 1.82) is 0 Å². The molecule has 0 saturated carbocycles. The minimum Gasteiger partial charge on any atom is -0.399 e. The average Bonchev–Trinajstić information content (AvgIpc) is 2.70. The van der Waals surface area contributed by atoms with Gasteiger partial charge in [0.25, 0.3) is 11.8 Å². The van der Waals surface area contributed by atoms with Gasteiger partial charge in [-0.3, -0.25) is 14.5 Å². The van der Waals surface area contributed by atoms with Gasteiger partial charge in [0.05, 0.1) is 17.2 Å². The maximum atomic E-state index is 12.5. The van der Waals surface area contributed by atoms with Gasteiger partial charge in [0, 0.05) is 5.69 Å². The zero-order chi connectivity index (χ0) is 15.1. The number of rotatable bonds is 2. The third-order valence-electron chi connectivity index (χ3n) is 3.97. The van der Waals surface area contributed by atoms with E-state index in [-0.39, 0.29) is 17.9 Å². The molecule has 0 bridgehead atoms. The third kappa shape index (κ3) is 2.00. The fourth-order valence-corrected chi connectivity index (χ4v) is 2.82. The summed E-state index contributed by atoms with van der Waals surface area (Å²) in [6.45, 7) is 3.84. The summed E-state index contributed by atoms with van der Waals surface area (Å²) in [5.74, 6) is -0.538. The van der Waals surface area contributed by atoms with Crippen LogP contribution in [-0.2, 0) is 0 Å². The van der Waals surface area contributed by atoms with Crippen molar-refractivity contribution in [3.05, 3.63) is 64.7 Å². The normalized spacial score (nSPS) is 15.2. The number of carbonyl (C=O) groups excluding carboxylic acids is 2. The van der Waals surface area contributed by atoms with Gasteiger partial charge in [-0.15, -0.1) is 0 Å². The van der Waals surface area contributed by atoms with Gasteiger partial charge in [-0.25, -0.2) is 0 Å². The van der Waals surface area contributed by atoms with Gasteiger partial charge in [-0.05, 0) is 43.2 Å². The molecule has 0 aliphatic carbocycles. The van der Waals surface area contributed by atoms with E-state index in [0.29, 0.717) is 16.8 Å². The first-order valence-electron chi connectivity index (χ1n) is 6.83. The Balaban J connectivity index is 2.04. The van der Waals surface area contributed by atoms with Crippen molar-refractivity contribution in [3.63, 3.8) is 0 Å². The van der Waals surface area contributed by atoms with E-state index in [0.717, 1.165) is 11.1 Å². The molecule has 0 radical (unpaired) electrons. The van der Waals surface area contributed by atoms with Crippen molar-refractivity contribution in [2.75, 3.05) is 5.73 Å². The Morgan fingerprint density at radius 3 is 2.38 bits per heavy atom. The van der Waals surface area contributed by atoms with Gasteiger partial charge < -0.3 is 5.73 Å². The van der Waals surface area contributed by atoms with E-state index in [2.05, 4.69) is 0 Å². The molecule has 1 unspecified atom stereocenters. The number of aryl methyl sites for hydroxylation is 1. The van der Waals surface area contributed by atoms with Crippen LogP contribution in [0.5, 0.6) is 0 Å². The smallest absolute Gasteiger partial charge is 0.262 e. The largest absolute Gasteiger partial charge is 0.399 e. The number of amides is 2. The lowest BCUT2D eigenvalue weighted by atomic mass is 10.0. The predicted molar refractivity (Wildman–Crippen MR) is 80.9 cm³/mol. The number of hydrogen-bond donors (Lipinski definition) is 1. The summed E-state index contributed by atoms with van der Waals surface area (Å²) in [6, 6.07) is 12.3. The molecule has 1 atom stereocenters. The second-order valence-electron chi connectivity index (χ2n) is 5.32. The van der Waals surface area contributed by atoms with E-state index >= 15 is 0 Å². The summed E-state index contributed by atoms with van der Waals surface area (Å²) in [5, 5.41) is 0. The number of benzene rings is 2. The maximum Gasteiger partial charge on any atom is 0.262 e. The number of nitrogens with two attached hydrogens (primary N) is 1. The maximum absolute atomic E-state index is 12.5. The number of nitrogens with zero attached hydrogens (tertiary/aromatic N) is 1. The Labute approximate surface area is 123 Å². The number of nitrogen functional groups attached to an aromatic ring is 1. The van der Waals surface area contributed by atoms with Crippen molar-refractivity contribution in [1.82, 2.24) is 4.90 Å². The topological polar surface area (TPSA) is 63.4 Å². The lowest BCUT2D eigenvalue weighted by Crippen LogP contribution is -2.32. The summed E-state index contributed by atoms with van der Waals surface area (Å²) >= 11 is 0. The average molecular weight is 280 g/mol. The second kappa shape index (κ2) is 4.74. The quantitative estimate of drug-likeness (QED) is 0.679. The van der Waals surface area contributed by atoms with E-state index < -0.39 is 0 Å². The zero-order valence-electron chi connectivity index (χ0n) is 12.0. The van der Waals surface area contributed by atoms with Gasteiger partial charge in [0.1, 0.15) is 0 Å². The minimum atomic E-state index is -0.306. The molecule has 1 heterocycles. The van der Waals surface area contributed by atoms with Crippen LogP contribution in [0.3, 0.4) is 0 Å². The van der Waals surface area contributed by atoms with Gasteiger partial charge in [0.15, 0.2) is 0 Å². The molecule has 106 valence electrons. The van der Waals surface area contributed by atoms with Crippen LogP contribution in [0.15, 0.2) is 42.5 Å². The first-order valence-corrected chi connectivity index (χ1v) is 6.83. The van der Waals surface area contributed by atoms with Crippen LogP contribution in [0.25, 0.3) is 0 Å². The van der Waals surface area contributed by atoms with E-state index in [1.54, 1.807) is 18.2 Å². The Hall–Kier alpha value is -2.62. The molecule has 2 N–H and O–H groups in total. The summed E-state index contributed by atoms with van der Waals surface area (Å²) in [7, 11) is 0. The van der Waals surface area contributed by atoms with E-state index in [9.17, 15) is 9.59 Å². The molecule has 0 saturated heterocycles. The second-order valence-corrected chi connectivity index (χ2v) is 5.32. The molecular weight excluding hydrogens is 264 g/mol. The van der Waals surface area contributed by atoms with Crippen LogP contribution in [0.2, 0.25) is 0 Å². The highest BCUT2D eigenvalue weighted by atomic mass is 16.2. The first-order chi connectivity index (χ1) is 10.0. The van der Waals surface area contributed by atoms with Crippen molar-refractivity contribution < 1.29 is 9.59 Å². The van der Waals surface area contributed by atoms with Crippen LogP contribution in [-0.4, -0.2) is 16.7 Å². The molecule has 0 fully saturated rings. The van der Waals surface area contributed by atoms with Crippen LogP contribution in [0.1, 0.15) is 44.8 Å². The van der Waals surface area contributed by atoms with Crippen molar-refractivity contribution >= 4 is 17.5 Å². The monoisotopic (exact) mass is 280 g/mol. The zero-order valence-corrected chi connectivity index (χ0v) is 12.0. The summed E-state index contributed by atoms with van der Waals surface area (Å²) in [6.07, 6.45) is 0. The number of anilines is 1.